The maximum absolute atomic E-state index is 12.0. The number of nitrogens with zero attached hydrogens (tertiary/aromatic N) is 3. The molecule has 1 unspecified atom stereocenters. The van der Waals surface area contributed by atoms with Gasteiger partial charge in [0.1, 0.15) is 11.4 Å². The number of hydrogen-bond donors (Lipinski definition) is 2. The van der Waals surface area contributed by atoms with E-state index in [4.69, 9.17) is 16.2 Å². The summed E-state index contributed by atoms with van der Waals surface area (Å²) >= 11 is 0. The third-order valence-corrected chi connectivity index (χ3v) is 3.61. The van der Waals surface area contributed by atoms with E-state index in [1.165, 1.54) is 7.11 Å². The number of unbranched alkanes of at least 4 members (excludes halogenated alkanes) is 1. The molecule has 7 heteroatoms. The number of aryl methyl sites for hydroxylation is 1. The average molecular weight is 281 g/mol. The summed E-state index contributed by atoms with van der Waals surface area (Å²) in [5.41, 5.74) is 12.3. The van der Waals surface area contributed by atoms with Crippen molar-refractivity contribution in [2.75, 3.05) is 30.8 Å². The number of nitrogen functional groups attached to an aromatic ring is 1. The third kappa shape index (κ3) is 2.72. The molecule has 0 bridgehead atoms. The Balaban J connectivity index is 2.35. The summed E-state index contributed by atoms with van der Waals surface area (Å²) in [5.74, 6) is 0.528. The minimum atomic E-state index is -0.444. The van der Waals surface area contributed by atoms with E-state index in [2.05, 4.69) is 12.0 Å². The van der Waals surface area contributed by atoms with Crippen molar-refractivity contribution in [1.29, 1.82) is 0 Å². The lowest BCUT2D eigenvalue weighted by Crippen LogP contribution is -2.27. The van der Waals surface area contributed by atoms with Gasteiger partial charge in [-0.2, -0.15) is 5.10 Å². The highest BCUT2D eigenvalue weighted by atomic mass is 16.5. The predicted molar refractivity (Wildman–Crippen MR) is 77.7 cm³/mol. The number of esters is 1. The first kappa shape index (κ1) is 14.6. The number of hydrogen-bond acceptors (Lipinski definition) is 6. The van der Waals surface area contributed by atoms with Gasteiger partial charge in [0.15, 0.2) is 5.82 Å². The molecule has 0 aliphatic carbocycles. The molecule has 0 saturated carbocycles. The van der Waals surface area contributed by atoms with Crippen molar-refractivity contribution in [2.45, 2.75) is 38.8 Å². The Morgan fingerprint density at radius 1 is 1.55 bits per heavy atom. The number of rotatable bonds is 5. The molecule has 2 heterocycles. The van der Waals surface area contributed by atoms with Crippen LogP contribution in [0.3, 0.4) is 0 Å². The summed E-state index contributed by atoms with van der Waals surface area (Å²) in [6.07, 6.45) is 2.89. The first-order valence-electron chi connectivity index (χ1n) is 7.03. The summed E-state index contributed by atoms with van der Waals surface area (Å²) in [6.45, 7) is 4.27. The molecule has 2 rings (SSSR count). The van der Waals surface area contributed by atoms with E-state index in [9.17, 15) is 4.79 Å². The molecule has 0 radical (unpaired) electrons. The van der Waals surface area contributed by atoms with Crippen LogP contribution in [0.2, 0.25) is 0 Å². The van der Waals surface area contributed by atoms with Crippen molar-refractivity contribution in [3.8, 4) is 0 Å². The Morgan fingerprint density at radius 2 is 2.30 bits per heavy atom. The fraction of sp³-hybridized carbons (Fsp3) is 0.692. The van der Waals surface area contributed by atoms with Crippen molar-refractivity contribution in [3.63, 3.8) is 0 Å². The number of carbonyl (C=O) groups excluding carboxylic acids is 1. The second-order valence-electron chi connectivity index (χ2n) is 5.15. The van der Waals surface area contributed by atoms with Gasteiger partial charge in [-0.15, -0.1) is 0 Å². The molecule has 1 aliphatic heterocycles. The number of methoxy groups -OCH3 is 1. The Labute approximate surface area is 118 Å². The topological polar surface area (TPSA) is 99.4 Å². The van der Waals surface area contributed by atoms with Gasteiger partial charge in [-0.05, 0) is 12.8 Å². The van der Waals surface area contributed by atoms with E-state index in [-0.39, 0.29) is 6.04 Å². The van der Waals surface area contributed by atoms with Gasteiger partial charge in [0.25, 0.3) is 0 Å². The standard InChI is InChI=1S/C13H23N5O2/c1-3-4-6-18-11(15)10(13(19)20-2)12(16-18)17-7-5-9(14)8-17/h9H,3-8,14-15H2,1-2H3. The van der Waals surface area contributed by atoms with Crippen LogP contribution >= 0.6 is 0 Å². The van der Waals surface area contributed by atoms with E-state index in [0.717, 1.165) is 25.8 Å². The lowest BCUT2D eigenvalue weighted by atomic mass is 10.2. The highest BCUT2D eigenvalue weighted by molar-refractivity contribution is 5.99. The quantitative estimate of drug-likeness (QED) is 0.766. The van der Waals surface area contributed by atoms with E-state index in [1.54, 1.807) is 4.68 Å². The Morgan fingerprint density at radius 3 is 2.85 bits per heavy atom. The second-order valence-corrected chi connectivity index (χ2v) is 5.15. The smallest absolute Gasteiger partial charge is 0.345 e. The summed E-state index contributed by atoms with van der Waals surface area (Å²) < 4.78 is 6.52. The minimum Gasteiger partial charge on any atom is -0.465 e. The van der Waals surface area contributed by atoms with Gasteiger partial charge < -0.3 is 21.1 Å². The highest BCUT2D eigenvalue weighted by Gasteiger charge is 2.30. The molecule has 7 nitrogen and oxygen atoms in total. The molecule has 0 spiro atoms. The Hall–Kier alpha value is -1.76. The molecule has 4 N–H and O–H groups in total. The molecule has 0 aromatic carbocycles. The van der Waals surface area contributed by atoms with Crippen LogP contribution in [0.25, 0.3) is 0 Å². The monoisotopic (exact) mass is 281 g/mol. The van der Waals surface area contributed by atoms with Crippen LogP contribution < -0.4 is 16.4 Å². The van der Waals surface area contributed by atoms with Crippen molar-refractivity contribution in [2.24, 2.45) is 5.73 Å². The largest absolute Gasteiger partial charge is 0.465 e. The first-order chi connectivity index (χ1) is 9.58. The maximum atomic E-state index is 12.0. The SMILES string of the molecule is CCCCn1nc(N2CCC(N)C2)c(C(=O)OC)c1N. The lowest BCUT2D eigenvalue weighted by molar-refractivity contribution is 0.0602. The number of ether oxygens (including phenoxy) is 1. The summed E-state index contributed by atoms with van der Waals surface area (Å²) in [4.78, 5) is 14.0. The molecule has 1 fully saturated rings. The second kappa shape index (κ2) is 6.13. The van der Waals surface area contributed by atoms with Crippen molar-refractivity contribution in [1.82, 2.24) is 9.78 Å². The maximum Gasteiger partial charge on any atom is 0.345 e. The molecule has 1 atom stereocenters. The van der Waals surface area contributed by atoms with Crippen LogP contribution in [0.15, 0.2) is 0 Å². The van der Waals surface area contributed by atoms with Gasteiger partial charge in [0.05, 0.1) is 7.11 Å². The van der Waals surface area contributed by atoms with Crippen LogP contribution in [0.5, 0.6) is 0 Å². The molecule has 0 amide bonds. The fourth-order valence-electron chi connectivity index (χ4n) is 2.44. The summed E-state index contributed by atoms with van der Waals surface area (Å²) in [6, 6.07) is 0.113. The van der Waals surface area contributed by atoms with Gasteiger partial charge in [0.2, 0.25) is 0 Å². The van der Waals surface area contributed by atoms with E-state index < -0.39 is 5.97 Å². The number of aromatic nitrogens is 2. The number of nitrogens with two attached hydrogens (primary N) is 2. The van der Waals surface area contributed by atoms with E-state index >= 15 is 0 Å². The molecular weight excluding hydrogens is 258 g/mol. The lowest BCUT2D eigenvalue weighted by Gasteiger charge is -2.15. The van der Waals surface area contributed by atoms with E-state index in [1.807, 2.05) is 4.90 Å². The normalized spacial score (nSPS) is 18.6. The average Bonchev–Trinajstić information content (AvgIpc) is 3.00. The highest BCUT2D eigenvalue weighted by Crippen LogP contribution is 2.28. The first-order valence-corrected chi connectivity index (χ1v) is 7.03. The van der Waals surface area contributed by atoms with Gasteiger partial charge in [-0.25, -0.2) is 9.48 Å². The fourth-order valence-corrected chi connectivity index (χ4v) is 2.44. The van der Waals surface area contributed by atoms with Crippen LogP contribution in [-0.4, -0.2) is 42.0 Å². The van der Waals surface area contributed by atoms with Gasteiger partial charge in [0, 0.05) is 25.7 Å². The van der Waals surface area contributed by atoms with Crippen LogP contribution in [-0.2, 0) is 11.3 Å². The molecule has 112 valence electrons. The van der Waals surface area contributed by atoms with Crippen molar-refractivity contribution < 1.29 is 9.53 Å². The molecule has 1 saturated heterocycles. The van der Waals surface area contributed by atoms with Crippen LogP contribution in [0.4, 0.5) is 11.6 Å². The number of anilines is 2. The zero-order valence-electron chi connectivity index (χ0n) is 12.1. The Bertz CT molecular complexity index is 485. The van der Waals surface area contributed by atoms with Gasteiger partial charge >= 0.3 is 5.97 Å². The summed E-state index contributed by atoms with van der Waals surface area (Å²) in [5, 5.41) is 4.49. The van der Waals surface area contributed by atoms with Gasteiger partial charge in [-0.1, -0.05) is 13.3 Å². The number of carbonyl (C=O) groups is 1. The minimum absolute atomic E-state index is 0.113. The molecule has 20 heavy (non-hydrogen) atoms. The zero-order chi connectivity index (χ0) is 14.7. The molecule has 1 aromatic rings. The zero-order valence-corrected chi connectivity index (χ0v) is 12.1. The third-order valence-electron chi connectivity index (χ3n) is 3.61. The van der Waals surface area contributed by atoms with Gasteiger partial charge in [-0.3, -0.25) is 0 Å². The molecule has 1 aromatic heterocycles. The molecular formula is C13H23N5O2. The predicted octanol–water partition coefficient (Wildman–Crippen LogP) is 0.589. The van der Waals surface area contributed by atoms with Crippen molar-refractivity contribution >= 4 is 17.6 Å². The molecule has 1 aliphatic rings. The Kier molecular flexibility index (Phi) is 4.49. The van der Waals surface area contributed by atoms with E-state index in [0.29, 0.717) is 30.3 Å². The van der Waals surface area contributed by atoms with Crippen molar-refractivity contribution in [3.05, 3.63) is 5.56 Å². The summed E-state index contributed by atoms with van der Waals surface area (Å²) in [7, 11) is 1.35. The van der Waals surface area contributed by atoms with Crippen LogP contribution in [0.1, 0.15) is 36.5 Å². The van der Waals surface area contributed by atoms with Crippen LogP contribution in [0, 0.1) is 0 Å².